The zero-order chi connectivity index (χ0) is 13.8. The van der Waals surface area contributed by atoms with Crippen LogP contribution in [0, 0.1) is 23.0 Å². The summed E-state index contributed by atoms with van der Waals surface area (Å²) >= 11 is 0. The molecular formula is C14H11F2N3. The molecule has 5 heteroatoms. The summed E-state index contributed by atoms with van der Waals surface area (Å²) in [5.74, 6) is -1.96. The van der Waals surface area contributed by atoms with Gasteiger partial charge in [0.15, 0.2) is 11.6 Å². The summed E-state index contributed by atoms with van der Waals surface area (Å²) in [6, 6.07) is 11.1. The number of rotatable bonds is 3. The van der Waals surface area contributed by atoms with Crippen LogP contribution in [0.25, 0.3) is 0 Å². The van der Waals surface area contributed by atoms with Crippen molar-refractivity contribution in [2.24, 2.45) is 0 Å². The van der Waals surface area contributed by atoms with E-state index in [1.165, 1.54) is 6.07 Å². The Kier molecular flexibility index (Phi) is 3.62. The van der Waals surface area contributed by atoms with Crippen molar-refractivity contribution in [2.45, 2.75) is 6.54 Å². The van der Waals surface area contributed by atoms with Gasteiger partial charge in [0.2, 0.25) is 0 Å². The average Bonchev–Trinajstić information content (AvgIpc) is 2.43. The van der Waals surface area contributed by atoms with Crippen LogP contribution in [-0.2, 0) is 6.54 Å². The van der Waals surface area contributed by atoms with Crippen molar-refractivity contribution in [3.63, 3.8) is 0 Å². The van der Waals surface area contributed by atoms with Crippen molar-refractivity contribution in [1.82, 2.24) is 0 Å². The van der Waals surface area contributed by atoms with E-state index in [0.29, 0.717) is 5.56 Å². The van der Waals surface area contributed by atoms with Crippen molar-refractivity contribution in [3.8, 4) is 6.07 Å². The van der Waals surface area contributed by atoms with Crippen LogP contribution in [-0.4, -0.2) is 0 Å². The normalized spacial score (nSPS) is 9.95. The Labute approximate surface area is 109 Å². The number of hydrogen-bond acceptors (Lipinski definition) is 3. The molecule has 0 saturated heterocycles. The lowest BCUT2D eigenvalue weighted by Crippen LogP contribution is -2.06. The number of hydrogen-bond donors (Lipinski definition) is 2. The molecule has 96 valence electrons. The first-order valence-corrected chi connectivity index (χ1v) is 5.58. The van der Waals surface area contributed by atoms with Crippen LogP contribution in [0.2, 0.25) is 0 Å². The lowest BCUT2D eigenvalue weighted by Gasteiger charge is -2.11. The molecule has 19 heavy (non-hydrogen) atoms. The van der Waals surface area contributed by atoms with E-state index in [1.54, 1.807) is 24.3 Å². The van der Waals surface area contributed by atoms with Gasteiger partial charge in [0.25, 0.3) is 0 Å². The standard InChI is InChI=1S/C14H11F2N3/c15-11-4-5-12(18)14(13(11)16)19-8-10-3-1-2-9(6-10)7-17/h1-6,19H,8,18H2. The summed E-state index contributed by atoms with van der Waals surface area (Å²) in [5.41, 5.74) is 6.94. The van der Waals surface area contributed by atoms with Gasteiger partial charge in [0.05, 0.1) is 23.0 Å². The predicted molar refractivity (Wildman–Crippen MR) is 69.3 cm³/mol. The molecule has 3 nitrogen and oxygen atoms in total. The zero-order valence-electron chi connectivity index (χ0n) is 9.95. The molecule has 0 saturated carbocycles. The van der Waals surface area contributed by atoms with E-state index in [2.05, 4.69) is 5.32 Å². The number of benzene rings is 2. The summed E-state index contributed by atoms with van der Waals surface area (Å²) in [5, 5.41) is 11.5. The van der Waals surface area contributed by atoms with Crippen LogP contribution >= 0.6 is 0 Å². The maximum absolute atomic E-state index is 13.5. The molecule has 0 aliphatic rings. The van der Waals surface area contributed by atoms with Gasteiger partial charge in [-0.3, -0.25) is 0 Å². The summed E-state index contributed by atoms with van der Waals surface area (Å²) < 4.78 is 26.6. The smallest absolute Gasteiger partial charge is 0.183 e. The molecule has 0 unspecified atom stereocenters. The van der Waals surface area contributed by atoms with Crippen LogP contribution in [0.15, 0.2) is 36.4 Å². The van der Waals surface area contributed by atoms with Gasteiger partial charge in [0, 0.05) is 6.54 Å². The van der Waals surface area contributed by atoms with E-state index in [9.17, 15) is 8.78 Å². The van der Waals surface area contributed by atoms with Crippen molar-refractivity contribution in [2.75, 3.05) is 11.1 Å². The third-order valence-corrected chi connectivity index (χ3v) is 2.65. The third-order valence-electron chi connectivity index (χ3n) is 2.65. The van der Waals surface area contributed by atoms with Gasteiger partial charge < -0.3 is 11.1 Å². The molecule has 2 rings (SSSR count). The number of nitriles is 1. The van der Waals surface area contributed by atoms with Crippen LogP contribution < -0.4 is 11.1 Å². The van der Waals surface area contributed by atoms with Gasteiger partial charge in [-0.15, -0.1) is 0 Å². The summed E-state index contributed by atoms with van der Waals surface area (Å²) in [6.07, 6.45) is 0. The molecule has 0 atom stereocenters. The van der Waals surface area contributed by atoms with E-state index >= 15 is 0 Å². The second kappa shape index (κ2) is 5.36. The zero-order valence-corrected chi connectivity index (χ0v) is 9.95. The van der Waals surface area contributed by atoms with Crippen LogP contribution in [0.3, 0.4) is 0 Å². The molecule has 3 N–H and O–H groups in total. The monoisotopic (exact) mass is 259 g/mol. The highest BCUT2D eigenvalue weighted by Crippen LogP contribution is 2.25. The number of nitrogens with two attached hydrogens (primary N) is 1. The highest BCUT2D eigenvalue weighted by molar-refractivity contribution is 5.66. The Morgan fingerprint density at radius 1 is 1.21 bits per heavy atom. The summed E-state index contributed by atoms with van der Waals surface area (Å²) in [6.45, 7) is 0.250. The average molecular weight is 259 g/mol. The largest absolute Gasteiger partial charge is 0.397 e. The number of halogens is 2. The second-order valence-electron chi connectivity index (χ2n) is 3.99. The first-order chi connectivity index (χ1) is 9.11. The van der Waals surface area contributed by atoms with Gasteiger partial charge in [-0.1, -0.05) is 12.1 Å². The lowest BCUT2D eigenvalue weighted by molar-refractivity contribution is 0.511. The summed E-state index contributed by atoms with van der Waals surface area (Å²) in [4.78, 5) is 0. The minimum Gasteiger partial charge on any atom is -0.397 e. The predicted octanol–water partition coefficient (Wildman–Crippen LogP) is 3.03. The molecule has 0 fully saturated rings. The molecule has 0 aliphatic heterocycles. The molecule has 0 bridgehead atoms. The molecular weight excluding hydrogens is 248 g/mol. The molecule has 0 spiro atoms. The molecule has 0 aromatic heterocycles. The highest BCUT2D eigenvalue weighted by atomic mass is 19.2. The van der Waals surface area contributed by atoms with E-state index in [4.69, 9.17) is 11.0 Å². The number of nitrogen functional groups attached to an aromatic ring is 1. The van der Waals surface area contributed by atoms with Crippen molar-refractivity contribution < 1.29 is 8.78 Å². The molecule has 0 aliphatic carbocycles. The SMILES string of the molecule is N#Cc1cccc(CNc2c(N)ccc(F)c2F)c1. The fourth-order valence-corrected chi connectivity index (χ4v) is 1.69. The summed E-state index contributed by atoms with van der Waals surface area (Å²) in [7, 11) is 0. The van der Waals surface area contributed by atoms with E-state index in [1.807, 2.05) is 6.07 Å². The number of anilines is 2. The van der Waals surface area contributed by atoms with Gasteiger partial charge in [0.1, 0.15) is 0 Å². The first-order valence-electron chi connectivity index (χ1n) is 5.58. The maximum Gasteiger partial charge on any atom is 0.183 e. The maximum atomic E-state index is 13.5. The molecule has 2 aromatic carbocycles. The fourth-order valence-electron chi connectivity index (χ4n) is 1.69. The minimum atomic E-state index is -1.00. The Balaban J connectivity index is 2.19. The fraction of sp³-hybridized carbons (Fsp3) is 0.0714. The van der Waals surface area contributed by atoms with Gasteiger partial charge >= 0.3 is 0 Å². The highest BCUT2D eigenvalue weighted by Gasteiger charge is 2.11. The Bertz CT molecular complexity index is 648. The van der Waals surface area contributed by atoms with E-state index < -0.39 is 11.6 Å². The van der Waals surface area contributed by atoms with E-state index in [-0.39, 0.29) is 17.9 Å². The lowest BCUT2D eigenvalue weighted by atomic mass is 10.1. The van der Waals surface area contributed by atoms with Gasteiger partial charge in [-0.25, -0.2) is 8.78 Å². The molecule has 2 aromatic rings. The third kappa shape index (κ3) is 2.80. The van der Waals surface area contributed by atoms with Crippen molar-refractivity contribution >= 4 is 11.4 Å². The van der Waals surface area contributed by atoms with E-state index in [0.717, 1.165) is 11.6 Å². The Hall–Kier alpha value is -2.61. The van der Waals surface area contributed by atoms with Crippen molar-refractivity contribution in [3.05, 3.63) is 59.2 Å². The second-order valence-corrected chi connectivity index (χ2v) is 3.99. The number of nitrogens with one attached hydrogen (secondary N) is 1. The molecule has 0 radical (unpaired) electrons. The van der Waals surface area contributed by atoms with Gasteiger partial charge in [-0.05, 0) is 29.8 Å². The first kappa shape index (κ1) is 12.8. The van der Waals surface area contributed by atoms with Crippen LogP contribution in [0.5, 0.6) is 0 Å². The van der Waals surface area contributed by atoms with Gasteiger partial charge in [-0.2, -0.15) is 5.26 Å². The minimum absolute atomic E-state index is 0.0673. The number of nitrogens with zero attached hydrogens (tertiary/aromatic N) is 1. The Morgan fingerprint density at radius 3 is 2.74 bits per heavy atom. The van der Waals surface area contributed by atoms with Crippen molar-refractivity contribution in [1.29, 1.82) is 5.26 Å². The molecule has 0 amide bonds. The van der Waals surface area contributed by atoms with Crippen LogP contribution in [0.4, 0.5) is 20.2 Å². The molecule has 0 heterocycles. The van der Waals surface area contributed by atoms with Crippen LogP contribution in [0.1, 0.15) is 11.1 Å². The quantitative estimate of drug-likeness (QED) is 0.833. The topological polar surface area (TPSA) is 61.8 Å². The Morgan fingerprint density at radius 2 is 2.00 bits per heavy atom.